The lowest BCUT2D eigenvalue weighted by Crippen LogP contribution is -2.40. The van der Waals surface area contributed by atoms with Crippen molar-refractivity contribution in [2.24, 2.45) is 0 Å². The van der Waals surface area contributed by atoms with Crippen molar-refractivity contribution in [2.45, 2.75) is 32.5 Å². The Kier molecular flexibility index (Phi) is 5.65. The normalized spacial score (nSPS) is 17.0. The van der Waals surface area contributed by atoms with E-state index in [2.05, 4.69) is 15.7 Å². The van der Waals surface area contributed by atoms with Gasteiger partial charge in [0.25, 0.3) is 0 Å². The van der Waals surface area contributed by atoms with Crippen LogP contribution in [0.1, 0.15) is 24.5 Å². The van der Waals surface area contributed by atoms with Crippen LogP contribution in [0, 0.1) is 5.82 Å². The highest BCUT2D eigenvalue weighted by Crippen LogP contribution is 2.11. The number of rotatable bonds is 6. The largest absolute Gasteiger partial charge is 0.338 e. The highest BCUT2D eigenvalue weighted by atomic mass is 19.1. The monoisotopic (exact) mass is 345 g/mol. The molecule has 25 heavy (non-hydrogen) atoms. The fourth-order valence-electron chi connectivity index (χ4n) is 3.00. The van der Waals surface area contributed by atoms with Crippen molar-refractivity contribution in [1.29, 1.82) is 0 Å². The van der Waals surface area contributed by atoms with Gasteiger partial charge in [-0.05, 0) is 31.0 Å². The fraction of sp³-hybridized carbons (Fsp3) is 0.444. The molecule has 1 aliphatic rings. The van der Waals surface area contributed by atoms with Gasteiger partial charge in [0.2, 0.25) is 0 Å². The standard InChI is InChI=1S/C18H24FN5O/c1-2-20-18(25)23-8-7-17(13-23)21-9-15-10-22-24(12-15)11-14-3-5-16(19)6-4-14/h3-6,10,12,17,21H,2,7-9,11,13H2,1H3,(H,20,25)/t17-/m1/s1. The van der Waals surface area contributed by atoms with Crippen LogP contribution in [-0.2, 0) is 13.1 Å². The van der Waals surface area contributed by atoms with Crippen molar-refractivity contribution in [3.05, 3.63) is 53.6 Å². The molecule has 0 bridgehead atoms. The van der Waals surface area contributed by atoms with Crippen LogP contribution < -0.4 is 10.6 Å². The molecule has 0 saturated carbocycles. The first kappa shape index (κ1) is 17.4. The third-order valence-electron chi connectivity index (χ3n) is 4.34. The Hall–Kier alpha value is -2.41. The fourth-order valence-corrected chi connectivity index (χ4v) is 3.00. The van der Waals surface area contributed by atoms with E-state index in [-0.39, 0.29) is 11.8 Å². The van der Waals surface area contributed by atoms with Crippen molar-refractivity contribution in [3.63, 3.8) is 0 Å². The summed E-state index contributed by atoms with van der Waals surface area (Å²) in [5, 5.41) is 10.7. The van der Waals surface area contributed by atoms with Gasteiger partial charge in [0.15, 0.2) is 0 Å². The maximum absolute atomic E-state index is 12.9. The van der Waals surface area contributed by atoms with E-state index in [0.29, 0.717) is 19.1 Å². The van der Waals surface area contributed by atoms with Crippen LogP contribution in [0.4, 0.5) is 9.18 Å². The molecule has 2 N–H and O–H groups in total. The SMILES string of the molecule is CCNC(=O)N1CC[C@@H](NCc2cnn(Cc3ccc(F)cc3)c2)C1. The molecule has 1 saturated heterocycles. The van der Waals surface area contributed by atoms with Gasteiger partial charge in [0, 0.05) is 44.0 Å². The molecule has 6 nitrogen and oxygen atoms in total. The second-order valence-corrected chi connectivity index (χ2v) is 6.32. The molecule has 1 aromatic carbocycles. The van der Waals surface area contributed by atoms with Crippen LogP contribution in [0.5, 0.6) is 0 Å². The Labute approximate surface area is 147 Å². The average molecular weight is 345 g/mol. The lowest BCUT2D eigenvalue weighted by molar-refractivity contribution is 0.208. The summed E-state index contributed by atoms with van der Waals surface area (Å²) >= 11 is 0. The topological polar surface area (TPSA) is 62.2 Å². The first-order chi connectivity index (χ1) is 12.1. The lowest BCUT2D eigenvalue weighted by atomic mass is 10.2. The Morgan fingerprint density at radius 1 is 1.32 bits per heavy atom. The maximum Gasteiger partial charge on any atom is 0.317 e. The predicted molar refractivity (Wildman–Crippen MR) is 93.6 cm³/mol. The molecule has 7 heteroatoms. The van der Waals surface area contributed by atoms with Gasteiger partial charge in [0.1, 0.15) is 5.82 Å². The highest BCUT2D eigenvalue weighted by Gasteiger charge is 2.25. The third-order valence-corrected chi connectivity index (χ3v) is 4.34. The molecule has 1 aliphatic heterocycles. The Bertz CT molecular complexity index is 700. The van der Waals surface area contributed by atoms with Gasteiger partial charge >= 0.3 is 6.03 Å². The number of nitrogens with zero attached hydrogens (tertiary/aromatic N) is 3. The van der Waals surface area contributed by atoms with Gasteiger partial charge in [-0.25, -0.2) is 9.18 Å². The number of carbonyl (C=O) groups is 1. The van der Waals surface area contributed by atoms with Crippen molar-refractivity contribution in [2.75, 3.05) is 19.6 Å². The van der Waals surface area contributed by atoms with Crippen LogP contribution in [0.15, 0.2) is 36.7 Å². The maximum atomic E-state index is 12.9. The zero-order chi connectivity index (χ0) is 17.6. The van der Waals surface area contributed by atoms with Crippen molar-refractivity contribution in [1.82, 2.24) is 25.3 Å². The lowest BCUT2D eigenvalue weighted by Gasteiger charge is -2.17. The highest BCUT2D eigenvalue weighted by molar-refractivity contribution is 5.74. The van der Waals surface area contributed by atoms with Crippen LogP contribution in [-0.4, -0.2) is 46.4 Å². The molecule has 0 spiro atoms. The van der Waals surface area contributed by atoms with Gasteiger partial charge < -0.3 is 15.5 Å². The number of halogens is 1. The number of likely N-dealkylation sites (tertiary alicyclic amines) is 1. The molecular formula is C18H24FN5O. The Morgan fingerprint density at radius 2 is 2.12 bits per heavy atom. The van der Waals surface area contributed by atoms with Crippen molar-refractivity contribution in [3.8, 4) is 0 Å². The summed E-state index contributed by atoms with van der Waals surface area (Å²) in [5.74, 6) is -0.229. The molecule has 1 atom stereocenters. The number of hydrogen-bond donors (Lipinski definition) is 2. The average Bonchev–Trinajstić information content (AvgIpc) is 3.25. The summed E-state index contributed by atoms with van der Waals surface area (Å²) in [6.07, 6.45) is 4.79. The molecule has 2 aromatic rings. The minimum absolute atomic E-state index is 0.0129. The Balaban J connectivity index is 1.46. The van der Waals surface area contributed by atoms with E-state index in [1.165, 1.54) is 12.1 Å². The molecule has 3 rings (SSSR count). The van der Waals surface area contributed by atoms with E-state index in [9.17, 15) is 9.18 Å². The van der Waals surface area contributed by atoms with Crippen molar-refractivity contribution < 1.29 is 9.18 Å². The predicted octanol–water partition coefficient (Wildman–Crippen LogP) is 1.96. The van der Waals surface area contributed by atoms with Crippen LogP contribution in [0.25, 0.3) is 0 Å². The number of aromatic nitrogens is 2. The van der Waals surface area contributed by atoms with E-state index < -0.39 is 0 Å². The number of amides is 2. The molecule has 0 aliphatic carbocycles. The summed E-state index contributed by atoms with van der Waals surface area (Å²) in [5.41, 5.74) is 2.11. The van der Waals surface area contributed by atoms with E-state index in [4.69, 9.17) is 0 Å². The third kappa shape index (κ3) is 4.79. The second kappa shape index (κ2) is 8.11. The van der Waals surface area contributed by atoms with Crippen molar-refractivity contribution >= 4 is 6.03 Å². The summed E-state index contributed by atoms with van der Waals surface area (Å²) in [6.45, 7) is 5.43. The molecule has 1 fully saturated rings. The molecular weight excluding hydrogens is 321 g/mol. The smallest absolute Gasteiger partial charge is 0.317 e. The van der Waals surface area contributed by atoms with Gasteiger partial charge in [0.05, 0.1) is 12.7 Å². The van der Waals surface area contributed by atoms with Gasteiger partial charge in [-0.2, -0.15) is 5.10 Å². The van der Waals surface area contributed by atoms with E-state index in [1.807, 2.05) is 28.9 Å². The number of carbonyl (C=O) groups excluding carboxylic acids is 1. The molecule has 1 aromatic heterocycles. The summed E-state index contributed by atoms with van der Waals surface area (Å²) < 4.78 is 14.8. The van der Waals surface area contributed by atoms with Gasteiger partial charge in [-0.15, -0.1) is 0 Å². The summed E-state index contributed by atoms with van der Waals surface area (Å²) in [6, 6.07) is 6.78. The quantitative estimate of drug-likeness (QED) is 0.841. The minimum atomic E-state index is -0.229. The Morgan fingerprint density at radius 3 is 2.88 bits per heavy atom. The van der Waals surface area contributed by atoms with Gasteiger partial charge in [-0.1, -0.05) is 12.1 Å². The van der Waals surface area contributed by atoms with Gasteiger partial charge in [-0.3, -0.25) is 4.68 Å². The van der Waals surface area contributed by atoms with Crippen LogP contribution in [0.2, 0.25) is 0 Å². The number of hydrogen-bond acceptors (Lipinski definition) is 3. The first-order valence-electron chi connectivity index (χ1n) is 8.66. The van der Waals surface area contributed by atoms with E-state index in [0.717, 1.165) is 37.2 Å². The van der Waals surface area contributed by atoms with E-state index in [1.54, 1.807) is 12.1 Å². The first-order valence-corrected chi connectivity index (χ1v) is 8.66. The number of nitrogens with one attached hydrogen (secondary N) is 2. The molecule has 2 amide bonds. The molecule has 2 heterocycles. The van der Waals surface area contributed by atoms with Crippen LogP contribution in [0.3, 0.4) is 0 Å². The van der Waals surface area contributed by atoms with E-state index >= 15 is 0 Å². The number of benzene rings is 1. The minimum Gasteiger partial charge on any atom is -0.338 e. The zero-order valence-corrected chi connectivity index (χ0v) is 14.4. The number of urea groups is 1. The second-order valence-electron chi connectivity index (χ2n) is 6.32. The molecule has 134 valence electrons. The summed E-state index contributed by atoms with van der Waals surface area (Å²) in [4.78, 5) is 13.7. The van der Waals surface area contributed by atoms with Crippen LogP contribution >= 0.6 is 0 Å². The molecule has 0 unspecified atom stereocenters. The molecule has 0 radical (unpaired) electrons. The summed E-state index contributed by atoms with van der Waals surface area (Å²) in [7, 11) is 0. The zero-order valence-electron chi connectivity index (χ0n) is 14.4.